The highest BCUT2D eigenvalue weighted by Gasteiger charge is 2.50. The maximum absolute atomic E-state index is 13.4. The fourth-order valence-corrected chi connectivity index (χ4v) is 4.56. The number of aliphatic carboxylic acids is 1. The van der Waals surface area contributed by atoms with E-state index in [0.29, 0.717) is 27.9 Å². The van der Waals surface area contributed by atoms with Gasteiger partial charge in [0.05, 0.1) is 39.3 Å². The molecule has 4 heterocycles. The first-order chi connectivity index (χ1) is 16.2. The Morgan fingerprint density at radius 3 is 2.82 bits per heavy atom. The second kappa shape index (κ2) is 7.24. The predicted octanol–water partition coefficient (Wildman–Crippen LogP) is 2.61. The van der Waals surface area contributed by atoms with Crippen LogP contribution in [0.15, 0.2) is 47.5 Å². The molecule has 11 nitrogen and oxygen atoms in total. The highest BCUT2D eigenvalue weighted by atomic mass is 16.6. The van der Waals surface area contributed by atoms with Crippen LogP contribution in [0.1, 0.15) is 30.0 Å². The molecule has 0 unspecified atom stereocenters. The number of nitro groups is 1. The third-order valence-electron chi connectivity index (χ3n) is 6.23. The minimum Gasteiger partial charge on any atom is -0.475 e. The molecule has 1 aromatic carbocycles. The number of benzene rings is 1. The van der Waals surface area contributed by atoms with Gasteiger partial charge in [0, 0.05) is 17.2 Å². The molecule has 172 valence electrons. The Bertz CT molecular complexity index is 1520. The van der Waals surface area contributed by atoms with E-state index in [1.54, 1.807) is 25.1 Å². The lowest BCUT2D eigenvalue weighted by Crippen LogP contribution is -2.46. The fraction of sp³-hybridized carbons (Fsp3) is 0.217. The number of aromatic nitrogens is 2. The highest BCUT2D eigenvalue weighted by molar-refractivity contribution is 5.92. The van der Waals surface area contributed by atoms with Gasteiger partial charge in [-0.15, -0.1) is 0 Å². The monoisotopic (exact) mass is 463 g/mol. The summed E-state index contributed by atoms with van der Waals surface area (Å²) in [5.41, 5.74) is -0.243. The van der Waals surface area contributed by atoms with Crippen molar-refractivity contribution >= 4 is 28.5 Å². The standard InChI is InChI=1S/C23H17N3O8/c1-3-23(34-11(2)21(28)29)15-8-18-19-12(9-25(18)20(27)14(15)10-33-22(23)30)7-13-16(24-19)5-4-6-17(13)26(31)32/h4-8H,2-3,9-10H2,1H3,(H,28,29)/t23-/m0/s1. The van der Waals surface area contributed by atoms with Crippen molar-refractivity contribution in [3.8, 4) is 11.4 Å². The first-order valence-electron chi connectivity index (χ1n) is 10.3. The van der Waals surface area contributed by atoms with Crippen LogP contribution in [0.5, 0.6) is 0 Å². The van der Waals surface area contributed by atoms with E-state index in [4.69, 9.17) is 9.47 Å². The molecule has 0 saturated carbocycles. The normalized spacial score (nSPS) is 18.0. The number of rotatable bonds is 5. The zero-order valence-electron chi connectivity index (χ0n) is 17.9. The van der Waals surface area contributed by atoms with Crippen molar-refractivity contribution in [1.82, 2.24) is 9.55 Å². The number of carboxylic acid groups (broad SMARTS) is 1. The molecule has 5 rings (SSSR count). The lowest BCUT2D eigenvalue weighted by Gasteiger charge is -2.36. The number of pyridine rings is 2. The van der Waals surface area contributed by atoms with Crippen LogP contribution in [-0.2, 0) is 37.8 Å². The van der Waals surface area contributed by atoms with Gasteiger partial charge in [0.1, 0.15) is 6.61 Å². The molecule has 0 bridgehead atoms. The van der Waals surface area contributed by atoms with Crippen molar-refractivity contribution < 1.29 is 29.1 Å². The van der Waals surface area contributed by atoms with Crippen LogP contribution in [-0.4, -0.2) is 31.5 Å². The first-order valence-corrected chi connectivity index (χ1v) is 10.3. The lowest BCUT2D eigenvalue weighted by molar-refractivity contribution is -0.383. The lowest BCUT2D eigenvalue weighted by atomic mass is 9.85. The van der Waals surface area contributed by atoms with Crippen LogP contribution in [0, 0.1) is 10.1 Å². The molecule has 11 heteroatoms. The number of nitro benzene ring substituents is 1. The number of carboxylic acids is 1. The minimum atomic E-state index is -1.86. The molecular weight excluding hydrogens is 446 g/mol. The van der Waals surface area contributed by atoms with Crippen LogP contribution in [0.3, 0.4) is 0 Å². The van der Waals surface area contributed by atoms with Crippen molar-refractivity contribution in [1.29, 1.82) is 0 Å². The summed E-state index contributed by atoms with van der Waals surface area (Å²) in [6.07, 6.45) is -0.0156. The highest BCUT2D eigenvalue weighted by Crippen LogP contribution is 2.42. The van der Waals surface area contributed by atoms with Gasteiger partial charge in [0.25, 0.3) is 11.2 Å². The Kier molecular flexibility index (Phi) is 4.54. The summed E-state index contributed by atoms with van der Waals surface area (Å²) >= 11 is 0. The summed E-state index contributed by atoms with van der Waals surface area (Å²) in [5.74, 6) is -2.94. The molecule has 34 heavy (non-hydrogen) atoms. The Morgan fingerprint density at radius 1 is 1.38 bits per heavy atom. The number of carbonyl (C=O) groups excluding carboxylic acids is 1. The largest absolute Gasteiger partial charge is 0.475 e. The minimum absolute atomic E-state index is 0.0156. The SMILES string of the molecule is C=C(O[C@]1(CC)C(=O)OCc2c1cc1n(c2=O)Cc2cc3c([N+](=O)[O-])cccc3nc2-1)C(=O)O. The molecule has 0 radical (unpaired) electrons. The Labute approximate surface area is 191 Å². The number of carbonyl (C=O) groups is 2. The second-order valence-electron chi connectivity index (χ2n) is 8.00. The molecule has 2 aliphatic rings. The molecule has 1 N–H and O–H groups in total. The molecule has 0 spiro atoms. The van der Waals surface area contributed by atoms with Crippen molar-refractivity contribution in [2.24, 2.45) is 0 Å². The quantitative estimate of drug-likeness (QED) is 0.155. The van der Waals surface area contributed by atoms with Gasteiger partial charge in [-0.1, -0.05) is 13.0 Å². The van der Waals surface area contributed by atoms with Crippen LogP contribution in [0.25, 0.3) is 22.3 Å². The van der Waals surface area contributed by atoms with Gasteiger partial charge in [-0.3, -0.25) is 14.9 Å². The van der Waals surface area contributed by atoms with Crippen molar-refractivity contribution in [3.63, 3.8) is 0 Å². The van der Waals surface area contributed by atoms with E-state index >= 15 is 0 Å². The third kappa shape index (κ3) is 2.83. The van der Waals surface area contributed by atoms with Crippen LogP contribution < -0.4 is 5.56 Å². The van der Waals surface area contributed by atoms with Gasteiger partial charge >= 0.3 is 11.9 Å². The van der Waals surface area contributed by atoms with E-state index in [2.05, 4.69) is 11.6 Å². The number of nitrogens with zero attached hydrogens (tertiary/aromatic N) is 3. The number of hydrogen-bond acceptors (Lipinski definition) is 8. The van der Waals surface area contributed by atoms with E-state index < -0.39 is 33.8 Å². The molecule has 1 atom stereocenters. The summed E-state index contributed by atoms with van der Waals surface area (Å²) in [6.45, 7) is 4.79. The maximum Gasteiger partial charge on any atom is 0.370 e. The van der Waals surface area contributed by atoms with E-state index in [1.165, 1.54) is 16.7 Å². The number of fused-ring (bicyclic) bond motifs is 5. The maximum atomic E-state index is 13.4. The van der Waals surface area contributed by atoms with Crippen molar-refractivity contribution in [3.05, 3.63) is 79.8 Å². The molecule has 0 saturated heterocycles. The summed E-state index contributed by atoms with van der Waals surface area (Å²) in [6, 6.07) is 7.76. The predicted molar refractivity (Wildman–Crippen MR) is 117 cm³/mol. The van der Waals surface area contributed by atoms with Gasteiger partial charge in [0.15, 0.2) is 5.76 Å². The smallest absolute Gasteiger partial charge is 0.370 e. The van der Waals surface area contributed by atoms with E-state index in [-0.39, 0.29) is 36.4 Å². The van der Waals surface area contributed by atoms with Crippen LogP contribution in [0.2, 0.25) is 0 Å². The third-order valence-corrected chi connectivity index (χ3v) is 6.23. The molecule has 0 aliphatic carbocycles. The van der Waals surface area contributed by atoms with Gasteiger partial charge in [-0.2, -0.15) is 0 Å². The van der Waals surface area contributed by atoms with Gasteiger partial charge in [-0.25, -0.2) is 14.6 Å². The van der Waals surface area contributed by atoms with Gasteiger partial charge < -0.3 is 19.1 Å². The average Bonchev–Trinajstić information content (AvgIpc) is 3.16. The topological polar surface area (TPSA) is 151 Å². The molecule has 3 aromatic rings. The number of esters is 1. The van der Waals surface area contributed by atoms with Gasteiger partial charge in [-0.05, 0) is 31.2 Å². The summed E-state index contributed by atoms with van der Waals surface area (Å²) < 4.78 is 12.2. The van der Waals surface area contributed by atoms with Crippen LogP contribution >= 0.6 is 0 Å². The van der Waals surface area contributed by atoms with Crippen molar-refractivity contribution in [2.75, 3.05) is 0 Å². The average molecular weight is 463 g/mol. The van der Waals surface area contributed by atoms with E-state index in [9.17, 15) is 29.6 Å². The summed E-state index contributed by atoms with van der Waals surface area (Å²) in [5, 5.41) is 21.1. The zero-order valence-corrected chi connectivity index (χ0v) is 17.9. The second-order valence-corrected chi connectivity index (χ2v) is 8.00. The van der Waals surface area contributed by atoms with E-state index in [1.807, 2.05) is 0 Å². The fourth-order valence-electron chi connectivity index (χ4n) is 4.56. The first kappa shape index (κ1) is 21.3. The molecule has 0 amide bonds. The Balaban J connectivity index is 1.75. The molecule has 0 fully saturated rings. The molecule has 2 aromatic heterocycles. The zero-order chi connectivity index (χ0) is 24.4. The summed E-state index contributed by atoms with van der Waals surface area (Å²) in [4.78, 5) is 53.1. The van der Waals surface area contributed by atoms with E-state index in [0.717, 1.165) is 0 Å². The number of hydrogen-bond donors (Lipinski definition) is 1. The number of ether oxygens (including phenoxy) is 2. The van der Waals surface area contributed by atoms with Crippen molar-refractivity contribution in [2.45, 2.75) is 32.1 Å². The Morgan fingerprint density at radius 2 is 2.15 bits per heavy atom. The summed E-state index contributed by atoms with van der Waals surface area (Å²) in [7, 11) is 0. The Hall–Kier alpha value is -4.54. The number of non-ortho nitro benzene ring substituents is 1. The molecular formula is C23H17N3O8. The molecule has 2 aliphatic heterocycles. The van der Waals surface area contributed by atoms with Gasteiger partial charge in [0.2, 0.25) is 5.60 Å². The van der Waals surface area contributed by atoms with Crippen LogP contribution in [0.4, 0.5) is 5.69 Å². The number of cyclic esters (lactones) is 1.